The van der Waals surface area contributed by atoms with Crippen LogP contribution in [0.25, 0.3) is 67.0 Å². The van der Waals surface area contributed by atoms with Gasteiger partial charge in [-0.1, -0.05) is 133 Å². The molecule has 6 aromatic carbocycles. The molecule has 3 nitrogen and oxygen atoms in total. The molecule has 0 aliphatic rings. The Balaban J connectivity index is 1.25. The van der Waals surface area contributed by atoms with Gasteiger partial charge in [-0.05, 0) is 81.9 Å². The summed E-state index contributed by atoms with van der Waals surface area (Å²) in [5, 5.41) is 0. The van der Waals surface area contributed by atoms with Gasteiger partial charge in [0.2, 0.25) is 0 Å². The van der Waals surface area contributed by atoms with Crippen molar-refractivity contribution in [1.82, 2.24) is 9.97 Å². The summed E-state index contributed by atoms with van der Waals surface area (Å²) in [6, 6.07) is 62.6. The van der Waals surface area contributed by atoms with Crippen LogP contribution < -0.4 is 4.74 Å². The fraction of sp³-hybridized carbons (Fsp3) is 0. The zero-order valence-electron chi connectivity index (χ0n) is 26.8. The lowest BCUT2D eigenvalue weighted by molar-refractivity contribution is 0.486. The first-order chi connectivity index (χ1) is 24.3. The van der Waals surface area contributed by atoms with E-state index >= 15 is 0 Å². The van der Waals surface area contributed by atoms with Crippen LogP contribution in [0, 0.1) is 0 Å². The molecular formula is C46H32N2O. The molecule has 49 heavy (non-hydrogen) atoms. The third-order valence-electron chi connectivity index (χ3n) is 8.68. The maximum absolute atomic E-state index is 7.05. The summed E-state index contributed by atoms with van der Waals surface area (Å²) in [7, 11) is 0. The molecule has 232 valence electrons. The second kappa shape index (κ2) is 13.6. The van der Waals surface area contributed by atoms with Gasteiger partial charge in [0.25, 0.3) is 0 Å². The minimum atomic E-state index is 0.746. The SMILES string of the molecule is c1ccc(-c2ccnc(-c3ccc(-c4ccccc4)c(Oc4cc(-c5cc(-c6ccccc6)ccn5)ccc4-c4ccccc4)c3)c2)cc1. The van der Waals surface area contributed by atoms with Crippen LogP contribution in [0.3, 0.4) is 0 Å². The fourth-order valence-electron chi connectivity index (χ4n) is 6.16. The molecule has 2 heterocycles. The molecule has 0 bridgehead atoms. The Morgan fingerprint density at radius 2 is 0.653 bits per heavy atom. The van der Waals surface area contributed by atoms with Crippen LogP contribution in [-0.2, 0) is 0 Å². The summed E-state index contributed by atoms with van der Waals surface area (Å²) >= 11 is 0. The third kappa shape index (κ3) is 6.51. The molecule has 8 aromatic rings. The fourth-order valence-corrected chi connectivity index (χ4v) is 6.16. The Kier molecular flexibility index (Phi) is 8.30. The molecule has 3 heteroatoms. The Morgan fingerprint density at radius 1 is 0.286 bits per heavy atom. The molecule has 8 rings (SSSR count). The van der Waals surface area contributed by atoms with Crippen molar-refractivity contribution in [2.24, 2.45) is 0 Å². The van der Waals surface area contributed by atoms with E-state index in [4.69, 9.17) is 14.7 Å². The van der Waals surface area contributed by atoms with Crippen LogP contribution in [0.2, 0.25) is 0 Å². The zero-order valence-corrected chi connectivity index (χ0v) is 26.8. The average molecular weight is 629 g/mol. The molecule has 0 saturated heterocycles. The van der Waals surface area contributed by atoms with Crippen LogP contribution in [0.15, 0.2) is 194 Å². The van der Waals surface area contributed by atoms with Crippen LogP contribution in [0.5, 0.6) is 11.5 Å². The quantitative estimate of drug-likeness (QED) is 0.168. The highest BCUT2D eigenvalue weighted by Gasteiger charge is 2.16. The number of nitrogens with zero attached hydrogens (tertiary/aromatic N) is 2. The third-order valence-corrected chi connectivity index (χ3v) is 8.68. The maximum Gasteiger partial charge on any atom is 0.135 e. The molecule has 2 aromatic heterocycles. The predicted octanol–water partition coefficient (Wildman–Crippen LogP) is 12.3. The van der Waals surface area contributed by atoms with Gasteiger partial charge in [0, 0.05) is 34.6 Å². The van der Waals surface area contributed by atoms with E-state index in [1.807, 2.05) is 48.8 Å². The molecule has 0 unspecified atom stereocenters. The highest BCUT2D eigenvalue weighted by atomic mass is 16.5. The summed E-state index contributed by atoms with van der Waals surface area (Å²) < 4.78 is 7.05. The van der Waals surface area contributed by atoms with Gasteiger partial charge in [0.15, 0.2) is 0 Å². The number of hydrogen-bond donors (Lipinski definition) is 0. The first-order valence-electron chi connectivity index (χ1n) is 16.4. The summed E-state index contributed by atoms with van der Waals surface area (Å²) in [4.78, 5) is 9.55. The normalized spacial score (nSPS) is 10.9. The first-order valence-corrected chi connectivity index (χ1v) is 16.4. The highest BCUT2D eigenvalue weighted by molar-refractivity contribution is 5.81. The molecule has 0 amide bonds. The summed E-state index contributed by atoms with van der Waals surface area (Å²) in [6.07, 6.45) is 3.74. The van der Waals surface area contributed by atoms with Gasteiger partial charge in [0.1, 0.15) is 11.5 Å². The number of aromatic nitrogens is 2. The molecule has 0 atom stereocenters. The minimum absolute atomic E-state index is 0.746. The smallest absolute Gasteiger partial charge is 0.135 e. The highest BCUT2D eigenvalue weighted by Crippen LogP contribution is 2.42. The summed E-state index contributed by atoms with van der Waals surface area (Å²) in [5.74, 6) is 1.49. The second-order valence-electron chi connectivity index (χ2n) is 11.8. The van der Waals surface area contributed by atoms with E-state index in [0.29, 0.717) is 0 Å². The molecule has 0 saturated carbocycles. The number of pyridine rings is 2. The monoisotopic (exact) mass is 628 g/mol. The van der Waals surface area contributed by atoms with Crippen LogP contribution >= 0.6 is 0 Å². The van der Waals surface area contributed by atoms with Crippen molar-refractivity contribution in [1.29, 1.82) is 0 Å². The first kappa shape index (κ1) is 29.8. The minimum Gasteiger partial charge on any atom is -0.456 e. The van der Waals surface area contributed by atoms with E-state index in [2.05, 4.69) is 146 Å². The number of hydrogen-bond acceptors (Lipinski definition) is 3. The molecular weight excluding hydrogens is 597 g/mol. The van der Waals surface area contributed by atoms with Gasteiger partial charge >= 0.3 is 0 Å². The lowest BCUT2D eigenvalue weighted by atomic mass is 9.98. The van der Waals surface area contributed by atoms with Crippen molar-refractivity contribution in [3.63, 3.8) is 0 Å². The van der Waals surface area contributed by atoms with E-state index in [9.17, 15) is 0 Å². The van der Waals surface area contributed by atoms with E-state index < -0.39 is 0 Å². The van der Waals surface area contributed by atoms with Crippen molar-refractivity contribution in [2.45, 2.75) is 0 Å². The Morgan fingerprint density at radius 3 is 1.04 bits per heavy atom. The molecule has 0 aliphatic heterocycles. The van der Waals surface area contributed by atoms with Crippen molar-refractivity contribution >= 4 is 0 Å². The van der Waals surface area contributed by atoms with Gasteiger partial charge < -0.3 is 4.74 Å². The lowest BCUT2D eigenvalue weighted by Gasteiger charge is -2.17. The van der Waals surface area contributed by atoms with E-state index in [1.54, 1.807) is 0 Å². The van der Waals surface area contributed by atoms with Crippen molar-refractivity contribution in [3.8, 4) is 78.5 Å². The standard InChI is InChI=1S/C46H32N2O/c1-5-13-33(14-6-1)37-25-27-47-43(29-37)39-21-23-41(35-17-9-3-10-18-35)45(31-39)49-46-32-40(22-24-42(46)36-19-11-4-12-20-36)44-30-38(26-28-48-44)34-15-7-2-8-16-34/h1-32H. The molecule has 0 N–H and O–H groups in total. The van der Waals surface area contributed by atoms with Gasteiger partial charge in [-0.3, -0.25) is 9.97 Å². The molecule has 0 spiro atoms. The summed E-state index contributed by atoms with van der Waals surface area (Å²) in [6.45, 7) is 0. The Labute approximate surface area is 286 Å². The van der Waals surface area contributed by atoms with Crippen molar-refractivity contribution in [2.75, 3.05) is 0 Å². The van der Waals surface area contributed by atoms with Crippen LogP contribution in [-0.4, -0.2) is 9.97 Å². The van der Waals surface area contributed by atoms with Gasteiger partial charge in [-0.2, -0.15) is 0 Å². The van der Waals surface area contributed by atoms with Crippen LogP contribution in [0.1, 0.15) is 0 Å². The molecule has 0 fully saturated rings. The average Bonchev–Trinajstić information content (AvgIpc) is 3.19. The Hall–Kier alpha value is -6.58. The topological polar surface area (TPSA) is 35.0 Å². The predicted molar refractivity (Wildman–Crippen MR) is 201 cm³/mol. The van der Waals surface area contributed by atoms with Crippen molar-refractivity contribution < 1.29 is 4.74 Å². The second-order valence-corrected chi connectivity index (χ2v) is 11.8. The largest absolute Gasteiger partial charge is 0.456 e. The van der Waals surface area contributed by atoms with Gasteiger partial charge in [-0.25, -0.2) is 0 Å². The molecule has 0 aliphatic carbocycles. The maximum atomic E-state index is 7.05. The number of ether oxygens (including phenoxy) is 1. The van der Waals surface area contributed by atoms with E-state index in [0.717, 1.165) is 78.5 Å². The summed E-state index contributed by atoms with van der Waals surface area (Å²) in [5.41, 5.74) is 12.4. The van der Waals surface area contributed by atoms with Gasteiger partial charge in [-0.15, -0.1) is 0 Å². The van der Waals surface area contributed by atoms with Crippen LogP contribution in [0.4, 0.5) is 0 Å². The molecule has 0 radical (unpaired) electrons. The van der Waals surface area contributed by atoms with E-state index in [1.165, 1.54) is 0 Å². The van der Waals surface area contributed by atoms with Crippen molar-refractivity contribution in [3.05, 3.63) is 194 Å². The zero-order chi connectivity index (χ0) is 32.8. The van der Waals surface area contributed by atoms with E-state index in [-0.39, 0.29) is 0 Å². The van der Waals surface area contributed by atoms with Gasteiger partial charge in [0.05, 0.1) is 11.4 Å². The number of benzene rings is 6. The lowest BCUT2D eigenvalue weighted by Crippen LogP contribution is -1.94. The Bertz CT molecular complexity index is 2170. The number of rotatable bonds is 8.